The number of amides is 1. The minimum atomic E-state index is -0.165. The molecule has 2 aromatic heterocycles. The van der Waals surface area contributed by atoms with E-state index in [1.54, 1.807) is 11.3 Å². The van der Waals surface area contributed by atoms with Gasteiger partial charge in [-0.3, -0.25) is 4.79 Å². The van der Waals surface area contributed by atoms with Gasteiger partial charge in [-0.25, -0.2) is 10.4 Å². The van der Waals surface area contributed by atoms with Crippen molar-refractivity contribution in [3.63, 3.8) is 0 Å². The summed E-state index contributed by atoms with van der Waals surface area (Å²) in [5.74, 6) is 0.650. The zero-order valence-electron chi connectivity index (χ0n) is 12.4. The lowest BCUT2D eigenvalue weighted by atomic mass is 10.3. The molecule has 0 aliphatic heterocycles. The number of fused-ring (bicyclic) bond motifs is 1. The molecule has 0 unspecified atom stereocenters. The third-order valence-electron chi connectivity index (χ3n) is 3.37. The molecule has 0 atom stereocenters. The molecule has 0 saturated carbocycles. The lowest BCUT2D eigenvalue weighted by molar-refractivity contribution is -0.121. The molecule has 0 spiro atoms. The zero-order valence-corrected chi connectivity index (χ0v) is 13.2. The molecule has 3 rings (SSSR count). The average Bonchev–Trinajstić information content (AvgIpc) is 3.14. The van der Waals surface area contributed by atoms with E-state index in [2.05, 4.69) is 15.5 Å². The molecular weight excluding hydrogens is 296 g/mol. The fraction of sp³-hybridized carbons (Fsp3) is 0.188. The highest BCUT2D eigenvalue weighted by Crippen LogP contribution is 2.15. The number of carbonyl (C=O) groups is 1. The van der Waals surface area contributed by atoms with Crippen molar-refractivity contribution >= 4 is 34.0 Å². The van der Waals surface area contributed by atoms with Crippen molar-refractivity contribution in [1.29, 1.82) is 0 Å². The van der Waals surface area contributed by atoms with Crippen molar-refractivity contribution in [2.24, 2.45) is 5.10 Å². The van der Waals surface area contributed by atoms with Gasteiger partial charge in [0.2, 0.25) is 0 Å². The summed E-state index contributed by atoms with van der Waals surface area (Å²) in [5, 5.41) is 6.13. The first kappa shape index (κ1) is 14.5. The second-order valence-corrected chi connectivity index (χ2v) is 5.89. The molecule has 6 heteroatoms. The van der Waals surface area contributed by atoms with Gasteiger partial charge in [0.1, 0.15) is 12.4 Å². The Bertz CT molecular complexity index is 833. The van der Waals surface area contributed by atoms with E-state index in [4.69, 9.17) is 0 Å². The van der Waals surface area contributed by atoms with Gasteiger partial charge in [-0.1, -0.05) is 18.2 Å². The summed E-state index contributed by atoms with van der Waals surface area (Å²) in [7, 11) is 0. The van der Waals surface area contributed by atoms with Gasteiger partial charge in [0.05, 0.1) is 16.7 Å². The molecule has 0 aliphatic rings. The van der Waals surface area contributed by atoms with E-state index in [1.807, 2.05) is 60.2 Å². The number of hydrogen-bond donors (Lipinski definition) is 1. The fourth-order valence-electron chi connectivity index (χ4n) is 2.26. The van der Waals surface area contributed by atoms with Crippen LogP contribution >= 0.6 is 11.3 Å². The summed E-state index contributed by atoms with van der Waals surface area (Å²) in [6.07, 6.45) is 0. The minimum absolute atomic E-state index is 0.165. The van der Waals surface area contributed by atoms with Crippen LogP contribution in [0, 0.1) is 6.92 Å². The van der Waals surface area contributed by atoms with E-state index in [0.29, 0.717) is 0 Å². The predicted octanol–water partition coefficient (Wildman–Crippen LogP) is 2.95. The molecule has 1 aromatic carbocycles. The summed E-state index contributed by atoms with van der Waals surface area (Å²) in [5.41, 5.74) is 5.26. The molecular formula is C16H16N4OS. The quantitative estimate of drug-likeness (QED) is 0.595. The topological polar surface area (TPSA) is 59.3 Å². The molecule has 22 heavy (non-hydrogen) atoms. The lowest BCUT2D eigenvalue weighted by Gasteiger charge is -2.06. The van der Waals surface area contributed by atoms with Gasteiger partial charge in [0, 0.05) is 4.88 Å². The highest BCUT2D eigenvalue weighted by atomic mass is 32.1. The SMILES string of the molecule is CC(=NNC(=O)Cn1c(C)nc2ccccc21)c1cccs1. The van der Waals surface area contributed by atoms with Gasteiger partial charge in [0.25, 0.3) is 5.91 Å². The first-order valence-corrected chi connectivity index (χ1v) is 7.82. The lowest BCUT2D eigenvalue weighted by Crippen LogP contribution is -2.24. The van der Waals surface area contributed by atoms with Crippen LogP contribution in [0.4, 0.5) is 0 Å². The van der Waals surface area contributed by atoms with Crippen LogP contribution in [0.5, 0.6) is 0 Å². The number of aromatic nitrogens is 2. The molecule has 0 saturated heterocycles. The Morgan fingerprint density at radius 1 is 1.32 bits per heavy atom. The molecule has 0 aliphatic carbocycles. The predicted molar refractivity (Wildman–Crippen MR) is 89.1 cm³/mol. The molecule has 1 N–H and O–H groups in total. The van der Waals surface area contributed by atoms with Crippen LogP contribution in [0.2, 0.25) is 0 Å². The van der Waals surface area contributed by atoms with Crippen molar-refractivity contribution in [2.45, 2.75) is 20.4 Å². The third kappa shape index (κ3) is 2.92. The Morgan fingerprint density at radius 2 is 2.14 bits per heavy atom. The molecule has 0 bridgehead atoms. The van der Waals surface area contributed by atoms with Crippen molar-refractivity contribution in [2.75, 3.05) is 0 Å². The number of carbonyl (C=O) groups excluding carboxylic acids is 1. The Kier molecular flexibility index (Phi) is 4.02. The molecule has 0 fully saturated rings. The third-order valence-corrected chi connectivity index (χ3v) is 4.35. The van der Waals surface area contributed by atoms with Crippen molar-refractivity contribution in [3.8, 4) is 0 Å². The van der Waals surface area contributed by atoms with Crippen LogP contribution in [0.1, 0.15) is 17.6 Å². The number of nitrogens with zero attached hydrogens (tertiary/aromatic N) is 3. The molecule has 0 radical (unpaired) electrons. The van der Waals surface area contributed by atoms with Gasteiger partial charge in [0.15, 0.2) is 0 Å². The van der Waals surface area contributed by atoms with E-state index in [0.717, 1.165) is 27.4 Å². The number of hydrogen-bond acceptors (Lipinski definition) is 4. The molecule has 112 valence electrons. The maximum absolute atomic E-state index is 12.1. The average molecular weight is 312 g/mol. The minimum Gasteiger partial charge on any atom is -0.319 e. The Labute approximate surface area is 132 Å². The van der Waals surface area contributed by atoms with Crippen LogP contribution in [0.3, 0.4) is 0 Å². The Hall–Kier alpha value is -2.47. The fourth-order valence-corrected chi connectivity index (χ4v) is 2.94. The summed E-state index contributed by atoms with van der Waals surface area (Å²) in [6.45, 7) is 3.98. The van der Waals surface area contributed by atoms with Crippen molar-refractivity contribution in [1.82, 2.24) is 15.0 Å². The molecule has 1 amide bonds. The summed E-state index contributed by atoms with van der Waals surface area (Å²) < 4.78 is 1.89. The largest absolute Gasteiger partial charge is 0.319 e. The van der Waals surface area contributed by atoms with Gasteiger partial charge < -0.3 is 4.57 Å². The number of thiophene rings is 1. The number of nitrogens with one attached hydrogen (secondary N) is 1. The second-order valence-electron chi connectivity index (χ2n) is 4.94. The van der Waals surface area contributed by atoms with Crippen LogP contribution < -0.4 is 5.43 Å². The molecule has 2 heterocycles. The molecule has 3 aromatic rings. The second kappa shape index (κ2) is 6.11. The number of hydrazone groups is 1. The maximum atomic E-state index is 12.1. The van der Waals surface area contributed by atoms with E-state index < -0.39 is 0 Å². The Morgan fingerprint density at radius 3 is 2.91 bits per heavy atom. The highest BCUT2D eigenvalue weighted by Gasteiger charge is 2.10. The van der Waals surface area contributed by atoms with E-state index in [-0.39, 0.29) is 12.5 Å². The number of aryl methyl sites for hydroxylation is 1. The first-order valence-electron chi connectivity index (χ1n) is 6.94. The van der Waals surface area contributed by atoms with Gasteiger partial charge >= 0.3 is 0 Å². The van der Waals surface area contributed by atoms with Crippen LogP contribution in [-0.2, 0) is 11.3 Å². The van der Waals surface area contributed by atoms with Crippen LogP contribution in [-0.4, -0.2) is 21.2 Å². The van der Waals surface area contributed by atoms with Crippen LogP contribution in [0.15, 0.2) is 46.9 Å². The Balaban J connectivity index is 1.74. The van der Waals surface area contributed by atoms with Crippen molar-refractivity contribution in [3.05, 3.63) is 52.5 Å². The smallest absolute Gasteiger partial charge is 0.260 e. The van der Waals surface area contributed by atoms with Gasteiger partial charge in [-0.05, 0) is 37.4 Å². The zero-order chi connectivity index (χ0) is 15.5. The van der Waals surface area contributed by atoms with E-state index in [1.165, 1.54) is 0 Å². The summed E-state index contributed by atoms with van der Waals surface area (Å²) >= 11 is 1.60. The summed E-state index contributed by atoms with van der Waals surface area (Å²) in [4.78, 5) is 17.6. The van der Waals surface area contributed by atoms with Crippen LogP contribution in [0.25, 0.3) is 11.0 Å². The number of para-hydroxylation sites is 2. The number of imidazole rings is 1. The first-order chi connectivity index (χ1) is 10.6. The molecule has 5 nitrogen and oxygen atoms in total. The van der Waals surface area contributed by atoms with Crippen molar-refractivity contribution < 1.29 is 4.79 Å². The highest BCUT2D eigenvalue weighted by molar-refractivity contribution is 7.12. The normalized spacial score (nSPS) is 11.8. The monoisotopic (exact) mass is 312 g/mol. The van der Waals surface area contributed by atoms with Gasteiger partial charge in [-0.2, -0.15) is 5.10 Å². The number of benzene rings is 1. The van der Waals surface area contributed by atoms with E-state index in [9.17, 15) is 4.79 Å². The van der Waals surface area contributed by atoms with E-state index >= 15 is 0 Å². The standard InChI is InChI=1S/C16H16N4OS/c1-11(15-8-5-9-22-15)18-19-16(21)10-20-12(2)17-13-6-3-4-7-14(13)20/h3-9H,10H2,1-2H3,(H,19,21). The maximum Gasteiger partial charge on any atom is 0.260 e. The van der Waals surface area contributed by atoms with Gasteiger partial charge in [-0.15, -0.1) is 11.3 Å². The summed E-state index contributed by atoms with van der Waals surface area (Å²) in [6, 6.07) is 11.7. The number of rotatable bonds is 4.